The molecule has 20 nitrogen and oxygen atoms in total. The van der Waals surface area contributed by atoms with Gasteiger partial charge in [-0.05, 0) is 0 Å². The molecule has 0 saturated heterocycles. The van der Waals surface area contributed by atoms with Crippen LogP contribution in [-0.4, -0.2) is 83.6 Å². The van der Waals surface area contributed by atoms with Crippen LogP contribution in [-0.2, 0) is 87.5 Å². The minimum atomic E-state index is -6.72. The normalized spacial score (nSPS) is 13.5. The van der Waals surface area contributed by atoms with Crippen molar-refractivity contribution >= 4 is 60.1 Å². The van der Waals surface area contributed by atoms with E-state index in [1.165, 1.54) is 0 Å². The first kappa shape index (κ1) is 71.8. The Hall–Kier alpha value is -0.607. The van der Waals surface area contributed by atoms with Crippen molar-refractivity contribution in [2.45, 2.75) is 33.0 Å². The molecule has 0 aliphatic heterocycles. The van der Waals surface area contributed by atoms with Crippen LogP contribution < -0.4 is 0 Å². The van der Waals surface area contributed by atoms with Gasteiger partial charge in [-0.25, -0.2) is 50.5 Å². The summed E-state index contributed by atoms with van der Waals surface area (Å²) in [5.74, 6) is 0. The Balaban J connectivity index is -0.0000000700. The van der Waals surface area contributed by atoms with Crippen LogP contribution in [0.4, 0.5) is 79.0 Å². The van der Waals surface area contributed by atoms with Crippen LogP contribution in [0.15, 0.2) is 0 Å². The molecule has 45 heteroatoms. The van der Waals surface area contributed by atoms with Crippen LogP contribution >= 0.6 is 0 Å². The van der Waals surface area contributed by atoms with Gasteiger partial charge in [-0.15, -0.1) is 0 Å². The third-order valence-electron chi connectivity index (χ3n) is 2.34. The van der Waals surface area contributed by atoms with E-state index in [-0.39, 0.29) is 65.6 Å². The zero-order valence-electron chi connectivity index (χ0n) is 21.7. The van der Waals surface area contributed by atoms with Crippen LogP contribution in [0.25, 0.3) is 12.4 Å². The molecule has 0 bridgehead atoms. The van der Waals surface area contributed by atoms with Gasteiger partial charge in [0.15, 0.2) is 60.1 Å². The molecule has 15 N–H and O–H groups in total. The Morgan fingerprint density at radius 3 is 0.333 bits per heavy atom. The molecule has 0 aromatic heterocycles. The van der Waals surface area contributed by atoms with Gasteiger partial charge in [0.25, 0.3) is 0 Å². The van der Waals surface area contributed by atoms with E-state index in [1.807, 2.05) is 0 Å². The second-order valence-electron chi connectivity index (χ2n) is 5.75. The molecule has 0 fully saturated rings. The fourth-order valence-electron chi connectivity index (χ4n) is 0.641. The van der Waals surface area contributed by atoms with Crippen LogP contribution in [0.3, 0.4) is 0 Å². The van der Waals surface area contributed by atoms with Gasteiger partial charge in [0.1, 0.15) is 0 Å². The summed E-state index contributed by atoms with van der Waals surface area (Å²) in [5, 5.41) is 0. The van der Waals surface area contributed by atoms with Crippen molar-refractivity contribution in [1.29, 1.82) is 0 Å². The summed E-state index contributed by atoms with van der Waals surface area (Å²) in [6.07, 6.45) is 0. The Bertz CT molecular complexity index is 1370. The fourth-order valence-corrected chi connectivity index (χ4v) is 5.77. The molecule has 0 aromatic rings. The van der Waals surface area contributed by atoms with Crippen molar-refractivity contribution in [2.24, 2.45) is 0 Å². The van der Waals surface area contributed by atoms with E-state index in [2.05, 4.69) is 0 Å². The molecule has 0 unspecified atom stereocenters. The first-order valence-electron chi connectivity index (χ1n) is 7.72. The molecule has 0 heterocycles. The van der Waals surface area contributed by atoms with Crippen LogP contribution in [0.5, 0.6) is 0 Å². The number of hydrogen-bond donors (Lipinski definition) is 0. The zero-order valence-corrected chi connectivity index (χ0v) is 28.6. The molecule has 323 valence electrons. The van der Waals surface area contributed by atoms with Gasteiger partial charge in [-0.3, -0.25) is 0 Å². The summed E-state index contributed by atoms with van der Waals surface area (Å²) in [7, 11) is -40.3. The van der Waals surface area contributed by atoms with Gasteiger partial charge in [-0.1, -0.05) is 0 Å². The first-order valence-corrected chi connectivity index (χ1v) is 16.4. The van der Waals surface area contributed by atoms with Crippen molar-refractivity contribution in [3.8, 4) is 0 Å². The van der Waals surface area contributed by atoms with Crippen molar-refractivity contribution < 1.29 is 195 Å². The van der Waals surface area contributed by atoms with Crippen LogP contribution in [0.1, 0.15) is 0 Å². The summed E-state index contributed by atoms with van der Waals surface area (Å²) in [6.45, 7) is 0. The molecule has 0 spiro atoms. The van der Waals surface area contributed by atoms with Gasteiger partial charge >= 0.3 is 71.2 Å². The molecule has 0 saturated carbocycles. The van der Waals surface area contributed by atoms with Gasteiger partial charge in [0.2, 0.25) is 0 Å². The maximum absolute atomic E-state index is 11.4. The monoisotopic (exact) mass is 1100 g/mol. The van der Waals surface area contributed by atoms with E-state index in [0.717, 1.165) is 12.4 Å². The summed E-state index contributed by atoms with van der Waals surface area (Å²) in [4.78, 5) is 0. The maximum Gasteiger partial charge on any atom is 3.00 e. The summed E-state index contributed by atoms with van der Waals surface area (Å²) < 4.78 is 328. The molecule has 0 aromatic carbocycles. The smallest absolute Gasteiger partial charge is 0.457 e. The van der Waals surface area contributed by atoms with E-state index < -0.39 is 93.2 Å². The quantitative estimate of drug-likeness (QED) is 0.218. The molecular formula is C6H15DyF18N3O17S6+5. The second-order valence-corrected chi connectivity index (χ2v) is 16.0. The SMILES string of the molecule is O=S(=O)([N-]S(=O)(=O)C(F)(F)F)C(F)(F)F.O=S(=O)([N-]S(=O)(=O)C(F)(F)F)C(F)(F)F.O=S(=O)([N-]S(=O)(=O)C(F)(F)F)C(F)(F)F.[Dy+3].[OH3+].[OH3+].[OH3+].[OH3+].[OH3+]. The van der Waals surface area contributed by atoms with Gasteiger partial charge < -0.3 is 39.8 Å². The first-order chi connectivity index (χ1) is 18.6. The van der Waals surface area contributed by atoms with Crippen molar-refractivity contribution in [3.63, 3.8) is 0 Å². The van der Waals surface area contributed by atoms with E-state index in [0.29, 0.717) is 0 Å². The Morgan fingerprint density at radius 2 is 0.294 bits per heavy atom. The second kappa shape index (κ2) is 20.9. The predicted octanol–water partition coefficient (Wildman–Crippen LogP) is -1.43. The molecule has 0 aliphatic carbocycles. The topological polar surface area (TPSA) is 412 Å². The summed E-state index contributed by atoms with van der Waals surface area (Å²) in [6, 6.07) is 0. The Labute approximate surface area is 299 Å². The number of rotatable bonds is 6. The average molecular weight is 1100 g/mol. The molecular weight excluding hydrogens is 1080 g/mol. The predicted molar refractivity (Wildman–Crippen MR) is 124 cm³/mol. The standard InChI is InChI=1S/3C2F6NO4S2.Dy.5H2O/c3*3-1(4,5)14(10,11)9-15(12,13)2(6,7)8;;;;;;/h;;;;5*1H2/q3*-1;+3;;;;;/p+5. The number of nitrogens with zero attached hydrogens (tertiary/aromatic N) is 3. The number of halogens is 18. The average Bonchev–Trinajstić information content (AvgIpc) is 2.61. The molecule has 0 aliphatic rings. The third kappa shape index (κ3) is 21.8. The molecule has 1 radical (unpaired) electrons. The maximum atomic E-state index is 11.4. The molecule has 51 heavy (non-hydrogen) atoms. The summed E-state index contributed by atoms with van der Waals surface area (Å²) >= 11 is 0. The van der Waals surface area contributed by atoms with E-state index in [4.69, 9.17) is 0 Å². The third-order valence-corrected chi connectivity index (χ3v) is 10.6. The van der Waals surface area contributed by atoms with Gasteiger partial charge in [0.05, 0.1) is 0 Å². The Kier molecular flexibility index (Phi) is 29.4. The molecule has 0 atom stereocenters. The fraction of sp³-hybridized carbons (Fsp3) is 1.00. The number of sulfonamides is 6. The van der Waals surface area contributed by atoms with Gasteiger partial charge in [-0.2, -0.15) is 79.0 Å². The van der Waals surface area contributed by atoms with Crippen LogP contribution in [0.2, 0.25) is 0 Å². The van der Waals surface area contributed by atoms with E-state index in [9.17, 15) is 130 Å². The molecule has 0 amide bonds. The van der Waals surface area contributed by atoms with Crippen molar-refractivity contribution in [3.05, 3.63) is 12.4 Å². The van der Waals surface area contributed by atoms with Gasteiger partial charge in [0, 0.05) is 0 Å². The van der Waals surface area contributed by atoms with Crippen molar-refractivity contribution in [1.82, 2.24) is 0 Å². The number of alkyl halides is 18. The summed E-state index contributed by atoms with van der Waals surface area (Å²) in [5.41, 5.74) is -37.2. The van der Waals surface area contributed by atoms with E-state index in [1.54, 1.807) is 0 Å². The minimum absolute atomic E-state index is 0. The van der Waals surface area contributed by atoms with Crippen molar-refractivity contribution in [2.75, 3.05) is 0 Å². The van der Waals surface area contributed by atoms with E-state index >= 15 is 0 Å². The zero-order chi connectivity index (χ0) is 38.1. The van der Waals surface area contributed by atoms with Crippen LogP contribution in [0, 0.1) is 38.2 Å². The number of hydrogen-bond acceptors (Lipinski definition) is 12. The Morgan fingerprint density at radius 1 is 0.235 bits per heavy atom. The largest absolute Gasteiger partial charge is 3.00 e. The minimum Gasteiger partial charge on any atom is -0.457 e. The molecule has 0 rings (SSSR count).